The highest BCUT2D eigenvalue weighted by molar-refractivity contribution is 9.10. The zero-order valence-corrected chi connectivity index (χ0v) is 14.1. The molecule has 0 N–H and O–H groups in total. The molecule has 3 aromatic rings. The number of alkyl halides is 1. The Kier molecular flexibility index (Phi) is 4.10. The van der Waals surface area contributed by atoms with Gasteiger partial charge in [0, 0.05) is 22.8 Å². The van der Waals surface area contributed by atoms with Crippen molar-refractivity contribution in [1.29, 1.82) is 0 Å². The van der Waals surface area contributed by atoms with E-state index in [4.69, 9.17) is 11.6 Å². The maximum absolute atomic E-state index is 6.02. The first-order chi connectivity index (χ1) is 9.67. The van der Waals surface area contributed by atoms with Gasteiger partial charge < -0.3 is 4.57 Å². The maximum Gasteiger partial charge on any atom is 0.124 e. The van der Waals surface area contributed by atoms with Crippen LogP contribution in [-0.2, 0) is 18.8 Å². The summed E-state index contributed by atoms with van der Waals surface area (Å²) >= 11 is 11.2. The molecule has 0 saturated heterocycles. The predicted octanol–water partition coefficient (Wildman–Crippen LogP) is 4.55. The smallest absolute Gasteiger partial charge is 0.124 e. The molecule has 2 heterocycles. The van der Waals surface area contributed by atoms with Gasteiger partial charge in [0.2, 0.25) is 0 Å². The van der Waals surface area contributed by atoms with Gasteiger partial charge >= 0.3 is 0 Å². The van der Waals surface area contributed by atoms with Crippen molar-refractivity contribution in [2.45, 2.75) is 25.8 Å². The Hall–Kier alpha value is -0.910. The number of rotatable bonds is 4. The van der Waals surface area contributed by atoms with Crippen LogP contribution in [0.25, 0.3) is 11.0 Å². The number of fused-ring (bicyclic) bond motifs is 1. The van der Waals surface area contributed by atoms with Crippen LogP contribution in [0.3, 0.4) is 0 Å². The molecular weight excluding hydrogens is 358 g/mol. The van der Waals surface area contributed by atoms with Crippen LogP contribution < -0.4 is 0 Å². The molecule has 0 atom stereocenters. The maximum atomic E-state index is 6.02. The van der Waals surface area contributed by atoms with Gasteiger partial charge in [0.25, 0.3) is 0 Å². The lowest BCUT2D eigenvalue weighted by molar-refractivity contribution is 0.679. The Labute approximate surface area is 134 Å². The van der Waals surface area contributed by atoms with Gasteiger partial charge in [0.05, 0.1) is 27.6 Å². The molecule has 6 heteroatoms. The second-order valence-electron chi connectivity index (χ2n) is 4.55. The molecule has 0 aliphatic carbocycles. The van der Waals surface area contributed by atoms with Crippen molar-refractivity contribution in [1.82, 2.24) is 14.5 Å². The first kappa shape index (κ1) is 14.0. The molecule has 0 saturated carbocycles. The summed E-state index contributed by atoms with van der Waals surface area (Å²) in [6.45, 7) is 2.88. The summed E-state index contributed by atoms with van der Waals surface area (Å²) in [4.78, 5) is 9.09. The third kappa shape index (κ3) is 2.75. The SMILES string of the molecule is Cc1nc(CCn2c(CCl)nc3ccc(Br)cc32)cs1. The summed E-state index contributed by atoms with van der Waals surface area (Å²) in [6.07, 6.45) is 0.895. The number of imidazole rings is 1. The summed E-state index contributed by atoms with van der Waals surface area (Å²) in [5.74, 6) is 1.33. The van der Waals surface area contributed by atoms with Crippen LogP contribution in [0.15, 0.2) is 28.1 Å². The van der Waals surface area contributed by atoms with Crippen molar-refractivity contribution in [3.8, 4) is 0 Å². The highest BCUT2D eigenvalue weighted by atomic mass is 79.9. The largest absolute Gasteiger partial charge is 0.327 e. The van der Waals surface area contributed by atoms with Crippen LogP contribution in [0.4, 0.5) is 0 Å². The molecule has 3 nitrogen and oxygen atoms in total. The summed E-state index contributed by atoms with van der Waals surface area (Å²) in [5.41, 5.74) is 3.23. The van der Waals surface area contributed by atoms with E-state index >= 15 is 0 Å². The van der Waals surface area contributed by atoms with Crippen molar-refractivity contribution in [2.75, 3.05) is 0 Å². The van der Waals surface area contributed by atoms with Gasteiger partial charge in [-0.2, -0.15) is 0 Å². The second-order valence-corrected chi connectivity index (χ2v) is 6.80. The lowest BCUT2D eigenvalue weighted by Gasteiger charge is -2.06. The monoisotopic (exact) mass is 369 g/mol. The van der Waals surface area contributed by atoms with Gasteiger partial charge in [-0.1, -0.05) is 15.9 Å². The zero-order valence-electron chi connectivity index (χ0n) is 10.9. The van der Waals surface area contributed by atoms with Gasteiger partial charge in [0.1, 0.15) is 5.82 Å². The topological polar surface area (TPSA) is 30.7 Å². The van der Waals surface area contributed by atoms with Crippen molar-refractivity contribution in [2.24, 2.45) is 0 Å². The molecule has 2 aromatic heterocycles. The van der Waals surface area contributed by atoms with Gasteiger partial charge in [0.15, 0.2) is 0 Å². The second kappa shape index (κ2) is 5.84. The van der Waals surface area contributed by atoms with E-state index in [0.29, 0.717) is 5.88 Å². The average Bonchev–Trinajstić information content (AvgIpc) is 2.99. The summed E-state index contributed by atoms with van der Waals surface area (Å²) in [5, 5.41) is 3.22. The Morgan fingerprint density at radius 3 is 2.90 bits per heavy atom. The van der Waals surface area contributed by atoms with E-state index in [1.807, 2.05) is 19.1 Å². The Balaban J connectivity index is 1.94. The molecule has 0 aliphatic rings. The summed E-state index contributed by atoms with van der Waals surface area (Å²) < 4.78 is 3.23. The van der Waals surface area contributed by atoms with Crippen LogP contribution in [0.5, 0.6) is 0 Å². The van der Waals surface area contributed by atoms with Crippen LogP contribution in [0, 0.1) is 6.92 Å². The van der Waals surface area contributed by atoms with E-state index in [2.05, 4.69) is 41.9 Å². The van der Waals surface area contributed by atoms with E-state index in [-0.39, 0.29) is 0 Å². The lowest BCUT2D eigenvalue weighted by Crippen LogP contribution is -2.05. The van der Waals surface area contributed by atoms with Crippen molar-refractivity contribution in [3.05, 3.63) is 44.6 Å². The Morgan fingerprint density at radius 2 is 2.20 bits per heavy atom. The van der Waals surface area contributed by atoms with Crippen molar-refractivity contribution < 1.29 is 0 Å². The van der Waals surface area contributed by atoms with Gasteiger partial charge in [-0.15, -0.1) is 22.9 Å². The van der Waals surface area contributed by atoms with Crippen LogP contribution in [-0.4, -0.2) is 14.5 Å². The summed E-state index contributed by atoms with van der Waals surface area (Å²) in [7, 11) is 0. The fraction of sp³-hybridized carbons (Fsp3) is 0.286. The molecule has 0 unspecified atom stereocenters. The number of halogens is 2. The zero-order chi connectivity index (χ0) is 14.1. The highest BCUT2D eigenvalue weighted by Gasteiger charge is 2.11. The molecular formula is C14H13BrClN3S. The van der Waals surface area contributed by atoms with Crippen LogP contribution >= 0.6 is 38.9 Å². The van der Waals surface area contributed by atoms with Gasteiger partial charge in [-0.05, 0) is 25.1 Å². The number of nitrogens with zero attached hydrogens (tertiary/aromatic N) is 3. The molecule has 0 aliphatic heterocycles. The molecule has 3 rings (SSSR count). The molecule has 0 spiro atoms. The fourth-order valence-electron chi connectivity index (χ4n) is 2.25. The highest BCUT2D eigenvalue weighted by Crippen LogP contribution is 2.22. The standard InChI is InChI=1S/C14H13BrClN3S/c1-9-17-11(8-20-9)4-5-19-13-6-10(15)2-3-12(13)18-14(19)7-16/h2-3,6,8H,4-5,7H2,1H3. The number of hydrogen-bond acceptors (Lipinski definition) is 3. The minimum Gasteiger partial charge on any atom is -0.327 e. The number of thiazole rings is 1. The first-order valence-electron chi connectivity index (χ1n) is 6.29. The van der Waals surface area contributed by atoms with Gasteiger partial charge in [-0.3, -0.25) is 0 Å². The van der Waals surface area contributed by atoms with Crippen molar-refractivity contribution >= 4 is 49.9 Å². The third-order valence-electron chi connectivity index (χ3n) is 3.17. The molecule has 0 radical (unpaired) electrons. The van der Waals surface area contributed by atoms with E-state index < -0.39 is 0 Å². The van der Waals surface area contributed by atoms with E-state index in [1.54, 1.807) is 11.3 Å². The molecule has 104 valence electrons. The normalized spacial score (nSPS) is 11.3. The Morgan fingerprint density at radius 1 is 1.35 bits per heavy atom. The molecule has 1 aromatic carbocycles. The number of aromatic nitrogens is 3. The summed E-state index contributed by atoms with van der Waals surface area (Å²) in [6, 6.07) is 6.10. The number of hydrogen-bond donors (Lipinski definition) is 0. The van der Waals surface area contributed by atoms with E-state index in [1.165, 1.54) is 0 Å². The van der Waals surface area contributed by atoms with Gasteiger partial charge in [-0.25, -0.2) is 9.97 Å². The molecule has 0 bridgehead atoms. The minimum absolute atomic E-state index is 0.419. The van der Waals surface area contributed by atoms with E-state index in [0.717, 1.165) is 45.0 Å². The average molecular weight is 371 g/mol. The molecule has 0 fully saturated rings. The number of aryl methyl sites for hydroxylation is 3. The minimum atomic E-state index is 0.419. The third-order valence-corrected chi connectivity index (χ3v) is 4.72. The quantitative estimate of drug-likeness (QED) is 0.631. The predicted molar refractivity (Wildman–Crippen MR) is 87.5 cm³/mol. The first-order valence-corrected chi connectivity index (χ1v) is 8.49. The lowest BCUT2D eigenvalue weighted by atomic mass is 10.3. The van der Waals surface area contributed by atoms with Crippen LogP contribution in [0.2, 0.25) is 0 Å². The fourth-order valence-corrected chi connectivity index (χ4v) is 3.45. The molecule has 20 heavy (non-hydrogen) atoms. The van der Waals surface area contributed by atoms with Crippen LogP contribution in [0.1, 0.15) is 16.5 Å². The number of benzene rings is 1. The Bertz CT molecular complexity index is 750. The molecule has 0 amide bonds. The van der Waals surface area contributed by atoms with E-state index in [9.17, 15) is 0 Å². The van der Waals surface area contributed by atoms with Crippen molar-refractivity contribution in [3.63, 3.8) is 0 Å².